The predicted octanol–water partition coefficient (Wildman–Crippen LogP) is 7.17. The van der Waals surface area contributed by atoms with E-state index in [2.05, 4.69) is 0 Å². The minimum atomic E-state index is -5.28. The molecule has 0 aliphatic heterocycles. The van der Waals surface area contributed by atoms with E-state index in [4.69, 9.17) is 16.3 Å². The van der Waals surface area contributed by atoms with Crippen LogP contribution in [0.25, 0.3) is 0 Å². The lowest BCUT2D eigenvalue weighted by Crippen LogP contribution is -2.24. The lowest BCUT2D eigenvalue weighted by Gasteiger charge is -2.22. The highest BCUT2D eigenvalue weighted by molar-refractivity contribution is 7.96. The van der Waals surface area contributed by atoms with Crippen molar-refractivity contribution in [2.24, 2.45) is 0 Å². The van der Waals surface area contributed by atoms with Crippen LogP contribution in [0.2, 0.25) is 5.02 Å². The van der Waals surface area contributed by atoms with Crippen molar-refractivity contribution in [2.45, 2.75) is 12.4 Å². The maximum absolute atomic E-state index is 13.7. The van der Waals surface area contributed by atoms with Crippen LogP contribution in [0.15, 0.2) is 66.7 Å². The summed E-state index contributed by atoms with van der Waals surface area (Å²) in [7, 11) is -1.73. The molecule has 0 amide bonds. The van der Waals surface area contributed by atoms with E-state index in [9.17, 15) is 35.9 Å². The number of hydrogen-bond donors (Lipinski definition) is 0. The summed E-state index contributed by atoms with van der Waals surface area (Å²) >= 11 is 6.13. The van der Waals surface area contributed by atoms with Gasteiger partial charge in [-0.05, 0) is 29.6 Å². The first-order chi connectivity index (χ1) is 15.9. The first kappa shape index (κ1) is 25.7. The third-order valence-electron chi connectivity index (χ3n) is 4.72. The summed E-state index contributed by atoms with van der Waals surface area (Å²) in [6, 6.07) is 12.3. The van der Waals surface area contributed by atoms with Crippen LogP contribution in [-0.4, -0.2) is 18.2 Å². The Hall–Kier alpha value is -2.90. The third-order valence-corrected chi connectivity index (χ3v) is 7.11. The molecule has 0 saturated carbocycles. The smallest absolute Gasteiger partial charge is 0.417 e. The summed E-state index contributed by atoms with van der Waals surface area (Å²) in [6.07, 6.45) is -10.6. The van der Waals surface area contributed by atoms with Crippen molar-refractivity contribution in [1.29, 1.82) is 0 Å². The topological polar surface area (TPSA) is 43.4 Å². The number of halogens is 7. The van der Waals surface area contributed by atoms with Crippen molar-refractivity contribution in [3.63, 3.8) is 0 Å². The summed E-state index contributed by atoms with van der Waals surface area (Å²) in [6.45, 7) is 0. The van der Waals surface area contributed by atoms with Crippen molar-refractivity contribution in [3.8, 4) is 5.75 Å². The molecule has 3 aromatic rings. The van der Waals surface area contributed by atoms with Crippen molar-refractivity contribution in [1.82, 2.24) is 0 Å². The fraction of sp³-hybridized carbons (Fsp3) is 0.130. The van der Waals surface area contributed by atoms with Gasteiger partial charge in [0.25, 0.3) is 0 Å². The number of alkyl halides is 6. The van der Waals surface area contributed by atoms with Gasteiger partial charge in [0.2, 0.25) is 5.52 Å². The average Bonchev–Trinajstić information content (AvgIpc) is 2.77. The highest BCUT2D eigenvalue weighted by Crippen LogP contribution is 2.50. The molecule has 0 bridgehead atoms. The summed E-state index contributed by atoms with van der Waals surface area (Å²) in [4.78, 5) is 27.1. The molecule has 178 valence electrons. The third kappa shape index (κ3) is 5.10. The maximum Gasteiger partial charge on any atom is 0.417 e. The van der Waals surface area contributed by atoms with E-state index in [-0.39, 0.29) is 21.6 Å². The Morgan fingerprint density at radius 1 is 0.735 bits per heavy atom. The summed E-state index contributed by atoms with van der Waals surface area (Å²) in [5.41, 5.74) is -8.14. The lowest BCUT2D eigenvalue weighted by atomic mass is 10.0. The van der Waals surface area contributed by atoms with Gasteiger partial charge in [-0.1, -0.05) is 54.1 Å². The molecule has 0 saturated heterocycles. The van der Waals surface area contributed by atoms with E-state index < -0.39 is 48.0 Å². The van der Waals surface area contributed by atoms with E-state index >= 15 is 0 Å². The lowest BCUT2D eigenvalue weighted by molar-refractivity contribution is -0.143. The summed E-state index contributed by atoms with van der Waals surface area (Å²) in [5.74, 6) is -0.0751. The van der Waals surface area contributed by atoms with Crippen molar-refractivity contribution >= 4 is 35.9 Å². The Labute approximate surface area is 196 Å². The van der Waals surface area contributed by atoms with E-state index in [0.717, 1.165) is 0 Å². The molecule has 0 fully saturated rings. The number of carbonyl (C=O) groups is 2. The van der Waals surface area contributed by atoms with Gasteiger partial charge in [-0.2, -0.15) is 26.3 Å². The van der Waals surface area contributed by atoms with Crippen LogP contribution in [0.3, 0.4) is 0 Å². The van der Waals surface area contributed by atoms with Crippen LogP contribution >= 0.6 is 19.5 Å². The van der Waals surface area contributed by atoms with E-state index in [0.29, 0.717) is 18.2 Å². The van der Waals surface area contributed by atoms with Gasteiger partial charge in [0.05, 0.1) is 36.7 Å². The van der Waals surface area contributed by atoms with Crippen molar-refractivity contribution < 1.29 is 40.7 Å². The van der Waals surface area contributed by atoms with Gasteiger partial charge in [-0.15, -0.1) is 0 Å². The van der Waals surface area contributed by atoms with Crippen LogP contribution in [0.4, 0.5) is 26.3 Å². The molecule has 0 aromatic heterocycles. The Balaban J connectivity index is 2.33. The first-order valence-corrected chi connectivity index (χ1v) is 11.1. The number of ether oxygens (including phenoxy) is 1. The normalized spacial score (nSPS) is 12.8. The zero-order valence-corrected chi connectivity index (χ0v) is 18.8. The molecule has 3 aromatic carbocycles. The van der Waals surface area contributed by atoms with Gasteiger partial charge in [0.1, 0.15) is 5.75 Å². The average molecular weight is 519 g/mol. The first-order valence-electron chi connectivity index (χ1n) is 9.41. The second-order valence-electron chi connectivity index (χ2n) is 6.82. The monoisotopic (exact) mass is 518 g/mol. The van der Waals surface area contributed by atoms with Crippen LogP contribution in [0, 0.1) is 0 Å². The molecule has 34 heavy (non-hydrogen) atoms. The van der Waals surface area contributed by atoms with Crippen LogP contribution in [-0.2, 0) is 12.4 Å². The molecular formula is C23H14ClF6O3P. The quantitative estimate of drug-likeness (QED) is 0.257. The zero-order valence-electron chi connectivity index (χ0n) is 17.2. The Bertz CT molecular complexity index is 1190. The zero-order chi connectivity index (χ0) is 25.3. The Morgan fingerprint density at radius 2 is 1.24 bits per heavy atom. The van der Waals surface area contributed by atoms with Crippen LogP contribution < -0.4 is 10.0 Å². The number of carbonyl (C=O) groups excluding carboxylic acids is 2. The second-order valence-corrected chi connectivity index (χ2v) is 9.23. The van der Waals surface area contributed by atoms with Gasteiger partial charge >= 0.3 is 12.4 Å². The number of rotatable bonds is 6. The largest absolute Gasteiger partial charge is 0.496 e. The van der Waals surface area contributed by atoms with E-state index in [1.54, 1.807) is 0 Å². The number of hydrogen-bond acceptors (Lipinski definition) is 3. The van der Waals surface area contributed by atoms with E-state index in [1.165, 1.54) is 55.6 Å². The molecule has 1 unspecified atom stereocenters. The fourth-order valence-electron chi connectivity index (χ4n) is 3.26. The summed E-state index contributed by atoms with van der Waals surface area (Å²) in [5, 5.41) is -0.208. The minimum absolute atomic E-state index is 0.0421. The number of methoxy groups -OCH3 is 1. The van der Waals surface area contributed by atoms with Crippen LogP contribution in [0.5, 0.6) is 5.75 Å². The van der Waals surface area contributed by atoms with Crippen LogP contribution in [0.1, 0.15) is 31.8 Å². The molecule has 0 radical (unpaired) electrons. The van der Waals surface area contributed by atoms with Gasteiger partial charge in [0.15, 0.2) is 5.52 Å². The molecule has 0 spiro atoms. The standard InChI is InChI=1S/C23H14ClF6O3P/c1-33-17-12-6-11-16(24)19(17)21(32)34(13-7-3-2-4-8-13)20(31)18-14(22(25,26)27)9-5-10-15(18)23(28,29)30/h2-12H,1H3. The molecule has 3 rings (SSSR count). The molecule has 0 heterocycles. The highest BCUT2D eigenvalue weighted by atomic mass is 35.5. The van der Waals surface area contributed by atoms with Gasteiger partial charge in [-0.3, -0.25) is 9.59 Å². The van der Waals surface area contributed by atoms with E-state index in [1.807, 2.05) is 0 Å². The van der Waals surface area contributed by atoms with Gasteiger partial charge in [0, 0.05) is 5.56 Å². The molecule has 11 heteroatoms. The molecule has 1 atom stereocenters. The molecule has 3 nitrogen and oxygen atoms in total. The fourth-order valence-corrected chi connectivity index (χ4v) is 5.62. The predicted molar refractivity (Wildman–Crippen MR) is 116 cm³/mol. The molecule has 0 aliphatic carbocycles. The Morgan fingerprint density at radius 3 is 1.74 bits per heavy atom. The highest BCUT2D eigenvalue weighted by Gasteiger charge is 2.45. The van der Waals surface area contributed by atoms with Crippen molar-refractivity contribution in [3.05, 3.63) is 94.0 Å². The van der Waals surface area contributed by atoms with Gasteiger partial charge in [-0.25, -0.2) is 0 Å². The van der Waals surface area contributed by atoms with Crippen molar-refractivity contribution in [2.75, 3.05) is 7.11 Å². The SMILES string of the molecule is COc1cccc(Cl)c1C(=O)P(C(=O)c1c(C(F)(F)F)cccc1C(F)(F)F)c1ccccc1. The molecule has 0 aliphatic rings. The van der Waals surface area contributed by atoms with Gasteiger partial charge < -0.3 is 4.74 Å². The maximum atomic E-state index is 13.7. The number of benzene rings is 3. The molecule has 0 N–H and O–H groups in total. The Kier molecular flexibility index (Phi) is 7.38. The molecular weight excluding hydrogens is 505 g/mol. The second kappa shape index (κ2) is 9.76. The summed E-state index contributed by atoms with van der Waals surface area (Å²) < 4.78 is 87.4. The minimum Gasteiger partial charge on any atom is -0.496 e.